The molecule has 0 bridgehead atoms. The minimum atomic E-state index is 0.461. The van der Waals surface area contributed by atoms with Crippen LogP contribution in [0.4, 0.5) is 0 Å². The van der Waals surface area contributed by atoms with Gasteiger partial charge in [0.15, 0.2) is 0 Å². The Morgan fingerprint density at radius 2 is 2.45 bits per heavy atom. The summed E-state index contributed by atoms with van der Waals surface area (Å²) in [5, 5.41) is 0. The molecule has 11 heavy (non-hydrogen) atoms. The van der Waals surface area contributed by atoms with Gasteiger partial charge in [-0.05, 0) is 25.7 Å². The van der Waals surface area contributed by atoms with Crippen molar-refractivity contribution >= 4 is 0 Å². The van der Waals surface area contributed by atoms with Gasteiger partial charge in [0.1, 0.15) is 0 Å². The van der Waals surface area contributed by atoms with E-state index in [1.165, 1.54) is 32.1 Å². The van der Waals surface area contributed by atoms with Gasteiger partial charge in [-0.25, -0.2) is 0 Å². The van der Waals surface area contributed by atoms with Crippen LogP contribution >= 0.6 is 0 Å². The molecule has 0 saturated heterocycles. The molecule has 1 rings (SSSR count). The third-order valence-electron chi connectivity index (χ3n) is 2.35. The normalized spacial score (nSPS) is 28.2. The van der Waals surface area contributed by atoms with Crippen LogP contribution in [0.15, 0.2) is 11.6 Å². The zero-order chi connectivity index (χ0) is 8.10. The Morgan fingerprint density at radius 1 is 1.64 bits per heavy atom. The zero-order valence-electron chi connectivity index (χ0n) is 7.47. The van der Waals surface area contributed by atoms with Crippen molar-refractivity contribution in [3.8, 4) is 0 Å². The SMILES string of the molecule is CCCCC=C1CCC(N)C1. The summed E-state index contributed by atoms with van der Waals surface area (Å²) in [6.45, 7) is 2.24. The summed E-state index contributed by atoms with van der Waals surface area (Å²) in [5.41, 5.74) is 7.39. The summed E-state index contributed by atoms with van der Waals surface area (Å²) in [4.78, 5) is 0. The lowest BCUT2D eigenvalue weighted by atomic mass is 10.1. The number of rotatable bonds is 3. The molecular formula is C10H19N. The molecule has 1 unspecified atom stereocenters. The van der Waals surface area contributed by atoms with Crippen LogP contribution in [-0.4, -0.2) is 6.04 Å². The second kappa shape index (κ2) is 4.55. The van der Waals surface area contributed by atoms with Gasteiger partial charge >= 0.3 is 0 Å². The van der Waals surface area contributed by atoms with Crippen LogP contribution in [0.25, 0.3) is 0 Å². The molecule has 0 spiro atoms. The Balaban J connectivity index is 2.19. The van der Waals surface area contributed by atoms with Crippen molar-refractivity contribution in [3.05, 3.63) is 11.6 Å². The van der Waals surface area contributed by atoms with Gasteiger partial charge in [0.2, 0.25) is 0 Å². The van der Waals surface area contributed by atoms with E-state index < -0.39 is 0 Å². The quantitative estimate of drug-likeness (QED) is 0.489. The fourth-order valence-electron chi connectivity index (χ4n) is 1.61. The van der Waals surface area contributed by atoms with Crippen LogP contribution < -0.4 is 5.73 Å². The van der Waals surface area contributed by atoms with E-state index in [4.69, 9.17) is 5.73 Å². The predicted octanol–water partition coefficient (Wildman–Crippen LogP) is 2.61. The largest absolute Gasteiger partial charge is 0.327 e. The molecule has 1 heteroatoms. The topological polar surface area (TPSA) is 26.0 Å². The molecule has 0 radical (unpaired) electrons. The molecule has 1 nitrogen and oxygen atoms in total. The van der Waals surface area contributed by atoms with Gasteiger partial charge in [0.05, 0.1) is 0 Å². The lowest BCUT2D eigenvalue weighted by Gasteiger charge is -1.96. The molecule has 1 saturated carbocycles. The molecule has 1 aliphatic rings. The second-order valence-electron chi connectivity index (χ2n) is 3.51. The van der Waals surface area contributed by atoms with Crippen LogP contribution in [-0.2, 0) is 0 Å². The highest BCUT2D eigenvalue weighted by molar-refractivity contribution is 5.09. The first kappa shape index (κ1) is 8.79. The molecule has 64 valence electrons. The number of nitrogens with two attached hydrogens (primary N) is 1. The zero-order valence-corrected chi connectivity index (χ0v) is 7.47. The van der Waals surface area contributed by atoms with Crippen LogP contribution in [0, 0.1) is 0 Å². The van der Waals surface area contributed by atoms with E-state index >= 15 is 0 Å². The molecule has 2 N–H and O–H groups in total. The Labute approximate surface area is 69.7 Å². The van der Waals surface area contributed by atoms with Crippen molar-refractivity contribution in [2.75, 3.05) is 0 Å². The van der Waals surface area contributed by atoms with Crippen LogP contribution in [0.2, 0.25) is 0 Å². The highest BCUT2D eigenvalue weighted by Gasteiger charge is 2.13. The van der Waals surface area contributed by atoms with E-state index in [0.29, 0.717) is 6.04 Å². The third kappa shape index (κ3) is 3.06. The van der Waals surface area contributed by atoms with E-state index in [1.54, 1.807) is 5.57 Å². The molecule has 0 aromatic heterocycles. The van der Waals surface area contributed by atoms with Crippen LogP contribution in [0.1, 0.15) is 45.4 Å². The molecule has 1 atom stereocenters. The van der Waals surface area contributed by atoms with Gasteiger partial charge in [0, 0.05) is 6.04 Å². The summed E-state index contributed by atoms with van der Waals surface area (Å²) < 4.78 is 0. The molecule has 0 amide bonds. The van der Waals surface area contributed by atoms with E-state index in [2.05, 4.69) is 13.0 Å². The maximum Gasteiger partial charge on any atom is 0.00791 e. The Bertz CT molecular complexity index is 138. The summed E-state index contributed by atoms with van der Waals surface area (Å²) in [6.07, 6.45) is 9.91. The highest BCUT2D eigenvalue weighted by atomic mass is 14.6. The maximum absolute atomic E-state index is 5.79. The lowest BCUT2D eigenvalue weighted by Crippen LogP contribution is -2.13. The maximum atomic E-state index is 5.79. The highest BCUT2D eigenvalue weighted by Crippen LogP contribution is 2.23. The number of hydrogen-bond donors (Lipinski definition) is 1. The number of unbranched alkanes of at least 4 members (excludes halogenated alkanes) is 2. The lowest BCUT2D eigenvalue weighted by molar-refractivity contribution is 0.711. The van der Waals surface area contributed by atoms with Crippen molar-refractivity contribution in [1.82, 2.24) is 0 Å². The fourth-order valence-corrected chi connectivity index (χ4v) is 1.61. The van der Waals surface area contributed by atoms with Crippen molar-refractivity contribution in [2.24, 2.45) is 5.73 Å². The van der Waals surface area contributed by atoms with Gasteiger partial charge in [0.25, 0.3) is 0 Å². The molecule has 0 aliphatic heterocycles. The Morgan fingerprint density at radius 3 is 3.00 bits per heavy atom. The Hall–Kier alpha value is -0.300. The molecule has 0 heterocycles. The molecule has 0 aromatic carbocycles. The minimum Gasteiger partial charge on any atom is -0.327 e. The van der Waals surface area contributed by atoms with Crippen LogP contribution in [0.3, 0.4) is 0 Å². The first-order valence-electron chi connectivity index (χ1n) is 4.76. The van der Waals surface area contributed by atoms with Gasteiger partial charge < -0.3 is 5.73 Å². The van der Waals surface area contributed by atoms with Gasteiger partial charge in [-0.15, -0.1) is 0 Å². The first-order chi connectivity index (χ1) is 5.33. The summed E-state index contributed by atoms with van der Waals surface area (Å²) in [7, 11) is 0. The summed E-state index contributed by atoms with van der Waals surface area (Å²) in [5.74, 6) is 0. The summed E-state index contributed by atoms with van der Waals surface area (Å²) in [6, 6.07) is 0.461. The van der Waals surface area contributed by atoms with E-state index in [9.17, 15) is 0 Å². The fraction of sp³-hybridized carbons (Fsp3) is 0.800. The molecule has 0 aromatic rings. The smallest absolute Gasteiger partial charge is 0.00791 e. The van der Waals surface area contributed by atoms with Crippen molar-refractivity contribution in [1.29, 1.82) is 0 Å². The standard InChI is InChI=1S/C10H19N/c1-2-3-4-5-9-6-7-10(11)8-9/h5,10H,2-4,6-8,11H2,1H3. The van der Waals surface area contributed by atoms with Gasteiger partial charge in [-0.3, -0.25) is 0 Å². The van der Waals surface area contributed by atoms with Crippen LogP contribution in [0.5, 0.6) is 0 Å². The third-order valence-corrected chi connectivity index (χ3v) is 2.35. The molecule has 1 aliphatic carbocycles. The first-order valence-corrected chi connectivity index (χ1v) is 4.76. The summed E-state index contributed by atoms with van der Waals surface area (Å²) >= 11 is 0. The van der Waals surface area contributed by atoms with Crippen molar-refractivity contribution < 1.29 is 0 Å². The predicted molar refractivity (Wildman–Crippen MR) is 49.4 cm³/mol. The number of allylic oxidation sites excluding steroid dienone is 1. The van der Waals surface area contributed by atoms with E-state index in [1.807, 2.05) is 0 Å². The average molecular weight is 153 g/mol. The van der Waals surface area contributed by atoms with Gasteiger partial charge in [-0.2, -0.15) is 0 Å². The van der Waals surface area contributed by atoms with Crippen molar-refractivity contribution in [3.63, 3.8) is 0 Å². The Kier molecular flexibility index (Phi) is 3.64. The number of hydrogen-bond acceptors (Lipinski definition) is 1. The molecular weight excluding hydrogens is 134 g/mol. The molecule has 1 fully saturated rings. The minimum absolute atomic E-state index is 0.461. The monoisotopic (exact) mass is 153 g/mol. The van der Waals surface area contributed by atoms with E-state index in [0.717, 1.165) is 6.42 Å². The van der Waals surface area contributed by atoms with Gasteiger partial charge in [-0.1, -0.05) is 31.4 Å². The van der Waals surface area contributed by atoms with Crippen molar-refractivity contribution in [2.45, 2.75) is 51.5 Å². The second-order valence-corrected chi connectivity index (χ2v) is 3.51. The van der Waals surface area contributed by atoms with E-state index in [-0.39, 0.29) is 0 Å². The average Bonchev–Trinajstić information content (AvgIpc) is 2.37.